The van der Waals surface area contributed by atoms with Gasteiger partial charge in [-0.1, -0.05) is 40.2 Å². The summed E-state index contributed by atoms with van der Waals surface area (Å²) in [6.07, 6.45) is 2.66. The molecule has 3 aromatic rings. The molecular formula is C18H15BrN2OS. The largest absolute Gasteiger partial charge is 0.392 e. The molecule has 0 atom stereocenters. The summed E-state index contributed by atoms with van der Waals surface area (Å²) in [6.45, 7) is 0.0164. The second kappa shape index (κ2) is 7.22. The predicted octanol–water partition coefficient (Wildman–Crippen LogP) is 4.89. The number of aromatic nitrogens is 1. The van der Waals surface area contributed by atoms with E-state index in [4.69, 9.17) is 5.26 Å². The number of hydrogen-bond donors (Lipinski definition) is 1. The van der Waals surface area contributed by atoms with E-state index in [0.29, 0.717) is 6.42 Å². The topological polar surface area (TPSA) is 49.0 Å². The van der Waals surface area contributed by atoms with Crippen LogP contribution in [0.4, 0.5) is 0 Å². The van der Waals surface area contributed by atoms with E-state index in [9.17, 15) is 5.11 Å². The van der Waals surface area contributed by atoms with Crippen molar-refractivity contribution in [2.75, 3.05) is 5.75 Å². The number of para-hydroxylation sites is 1. The number of fused-ring (bicyclic) bond motifs is 1. The highest BCUT2D eigenvalue weighted by Crippen LogP contribution is 2.33. The van der Waals surface area contributed by atoms with Crippen LogP contribution in [-0.4, -0.2) is 15.4 Å². The van der Waals surface area contributed by atoms with Crippen molar-refractivity contribution in [2.24, 2.45) is 0 Å². The van der Waals surface area contributed by atoms with Gasteiger partial charge in [0.05, 0.1) is 18.2 Å². The van der Waals surface area contributed by atoms with Crippen LogP contribution in [-0.2, 0) is 6.61 Å². The molecule has 0 spiro atoms. The molecule has 0 saturated carbocycles. The molecule has 1 aromatic heterocycles. The first-order valence-electron chi connectivity index (χ1n) is 7.24. The number of rotatable bonds is 5. The lowest BCUT2D eigenvalue weighted by atomic mass is 10.2. The minimum absolute atomic E-state index is 0.0164. The number of nitrogens with zero attached hydrogens (tertiary/aromatic N) is 2. The van der Waals surface area contributed by atoms with E-state index in [1.165, 1.54) is 10.3 Å². The molecule has 0 saturated heterocycles. The van der Waals surface area contributed by atoms with Crippen LogP contribution in [0.2, 0.25) is 0 Å². The predicted molar refractivity (Wildman–Crippen MR) is 97.9 cm³/mol. The quantitative estimate of drug-likeness (QED) is 0.501. The zero-order valence-corrected chi connectivity index (χ0v) is 14.8. The third-order valence-corrected chi connectivity index (χ3v) is 5.41. The van der Waals surface area contributed by atoms with Crippen molar-refractivity contribution >= 4 is 38.6 Å². The lowest BCUT2D eigenvalue weighted by Gasteiger charge is -2.08. The van der Waals surface area contributed by atoms with E-state index in [1.807, 2.05) is 30.3 Å². The summed E-state index contributed by atoms with van der Waals surface area (Å²) >= 11 is 5.22. The molecule has 5 heteroatoms. The third kappa shape index (κ3) is 3.30. The average Bonchev–Trinajstić information content (AvgIpc) is 2.94. The second-order valence-corrected chi connectivity index (χ2v) is 7.06. The minimum Gasteiger partial charge on any atom is -0.392 e. The van der Waals surface area contributed by atoms with Crippen molar-refractivity contribution in [2.45, 2.75) is 17.9 Å². The molecule has 3 rings (SSSR count). The Labute approximate surface area is 147 Å². The molecule has 0 unspecified atom stereocenters. The van der Waals surface area contributed by atoms with Gasteiger partial charge < -0.3 is 9.67 Å². The van der Waals surface area contributed by atoms with Crippen molar-refractivity contribution in [1.82, 2.24) is 4.57 Å². The fraction of sp³-hybridized carbons (Fsp3) is 0.167. The number of aliphatic hydroxyl groups excluding tert-OH is 1. The van der Waals surface area contributed by atoms with Crippen molar-refractivity contribution in [3.63, 3.8) is 0 Å². The van der Waals surface area contributed by atoms with E-state index in [0.717, 1.165) is 27.0 Å². The number of nitriles is 1. The van der Waals surface area contributed by atoms with Gasteiger partial charge in [-0.2, -0.15) is 5.26 Å². The summed E-state index contributed by atoms with van der Waals surface area (Å²) in [5, 5.41) is 19.2. The number of benzene rings is 2. The van der Waals surface area contributed by atoms with Crippen molar-refractivity contribution in [3.05, 3.63) is 58.7 Å². The highest BCUT2D eigenvalue weighted by molar-refractivity contribution is 9.10. The highest BCUT2D eigenvalue weighted by Gasteiger charge is 2.11. The van der Waals surface area contributed by atoms with E-state index >= 15 is 0 Å². The molecule has 0 aliphatic carbocycles. The normalized spacial score (nSPS) is 10.8. The van der Waals surface area contributed by atoms with Crippen LogP contribution >= 0.6 is 27.7 Å². The Morgan fingerprint density at radius 1 is 1.22 bits per heavy atom. The van der Waals surface area contributed by atoms with E-state index in [1.54, 1.807) is 11.8 Å². The van der Waals surface area contributed by atoms with Gasteiger partial charge in [-0.15, -0.1) is 11.8 Å². The Balaban J connectivity index is 2.07. The first kappa shape index (κ1) is 16.1. The Morgan fingerprint density at radius 3 is 2.78 bits per heavy atom. The molecule has 1 heterocycles. The molecule has 0 aliphatic rings. The van der Waals surface area contributed by atoms with Crippen LogP contribution in [0.3, 0.4) is 0 Å². The minimum atomic E-state index is 0.0164. The van der Waals surface area contributed by atoms with Crippen LogP contribution < -0.4 is 0 Å². The van der Waals surface area contributed by atoms with E-state index in [-0.39, 0.29) is 6.61 Å². The lowest BCUT2D eigenvalue weighted by Crippen LogP contribution is -1.94. The van der Waals surface area contributed by atoms with Gasteiger partial charge in [-0.25, -0.2) is 0 Å². The summed E-state index contributed by atoms with van der Waals surface area (Å²) < 4.78 is 3.05. The lowest BCUT2D eigenvalue weighted by molar-refractivity contribution is 0.281. The first-order valence-corrected chi connectivity index (χ1v) is 9.02. The van der Waals surface area contributed by atoms with Gasteiger partial charge in [0, 0.05) is 38.8 Å². The molecule has 116 valence electrons. The monoisotopic (exact) mass is 386 g/mol. The SMILES string of the molecule is N#CCCSc1cn(-c2ccc(CO)c(Br)c2)c2ccccc12. The molecule has 0 radical (unpaired) electrons. The molecule has 2 aromatic carbocycles. The van der Waals surface area contributed by atoms with Crippen LogP contribution in [0.5, 0.6) is 0 Å². The molecule has 0 aliphatic heterocycles. The van der Waals surface area contributed by atoms with E-state index < -0.39 is 0 Å². The Kier molecular flexibility index (Phi) is 5.06. The summed E-state index contributed by atoms with van der Waals surface area (Å²) in [5.41, 5.74) is 3.04. The van der Waals surface area contributed by atoms with Crippen molar-refractivity contribution in [3.8, 4) is 11.8 Å². The molecule has 23 heavy (non-hydrogen) atoms. The maximum absolute atomic E-state index is 9.31. The van der Waals surface area contributed by atoms with Gasteiger partial charge >= 0.3 is 0 Å². The van der Waals surface area contributed by atoms with Gasteiger partial charge in [0.15, 0.2) is 0 Å². The molecular weight excluding hydrogens is 372 g/mol. The fourth-order valence-electron chi connectivity index (χ4n) is 2.50. The highest BCUT2D eigenvalue weighted by atomic mass is 79.9. The van der Waals surface area contributed by atoms with Gasteiger partial charge in [0.1, 0.15) is 0 Å². The zero-order valence-electron chi connectivity index (χ0n) is 12.4. The van der Waals surface area contributed by atoms with Crippen LogP contribution in [0.25, 0.3) is 16.6 Å². The number of thioether (sulfide) groups is 1. The molecule has 0 fully saturated rings. The summed E-state index contributed by atoms with van der Waals surface area (Å²) in [6, 6.07) is 16.4. The van der Waals surface area contributed by atoms with Crippen LogP contribution in [0.15, 0.2) is 58.0 Å². The molecule has 0 amide bonds. The van der Waals surface area contributed by atoms with Crippen molar-refractivity contribution in [1.29, 1.82) is 5.26 Å². The third-order valence-electron chi connectivity index (χ3n) is 3.63. The summed E-state index contributed by atoms with van der Waals surface area (Å²) in [7, 11) is 0. The van der Waals surface area contributed by atoms with Crippen LogP contribution in [0, 0.1) is 11.3 Å². The van der Waals surface area contributed by atoms with Gasteiger partial charge in [-0.05, 0) is 23.8 Å². The standard InChI is InChI=1S/C18H15BrN2OS/c19-16-10-14(7-6-13(16)12-22)21-11-18(23-9-3-8-20)15-4-1-2-5-17(15)21/h1-2,4-7,10-11,22H,3,9,12H2. The first-order chi connectivity index (χ1) is 11.2. The fourth-order valence-corrected chi connectivity index (χ4v) is 3.91. The second-order valence-electron chi connectivity index (χ2n) is 5.07. The Hall–Kier alpha value is -1.74. The zero-order chi connectivity index (χ0) is 16.2. The summed E-state index contributed by atoms with van der Waals surface area (Å²) in [5.74, 6) is 0.789. The number of hydrogen-bond acceptors (Lipinski definition) is 3. The van der Waals surface area contributed by atoms with Crippen LogP contribution in [0.1, 0.15) is 12.0 Å². The maximum atomic E-state index is 9.31. The number of halogens is 1. The molecule has 0 bridgehead atoms. The van der Waals surface area contributed by atoms with Crippen molar-refractivity contribution < 1.29 is 5.11 Å². The summed E-state index contributed by atoms with van der Waals surface area (Å²) in [4.78, 5) is 1.18. The maximum Gasteiger partial charge on any atom is 0.0692 e. The average molecular weight is 387 g/mol. The number of aliphatic hydroxyl groups is 1. The smallest absolute Gasteiger partial charge is 0.0692 e. The van der Waals surface area contributed by atoms with Gasteiger partial charge in [0.2, 0.25) is 0 Å². The van der Waals surface area contributed by atoms with Gasteiger partial charge in [-0.3, -0.25) is 0 Å². The Morgan fingerprint density at radius 2 is 2.04 bits per heavy atom. The van der Waals surface area contributed by atoms with E-state index in [2.05, 4.69) is 44.9 Å². The molecule has 3 nitrogen and oxygen atoms in total. The van der Waals surface area contributed by atoms with Gasteiger partial charge in [0.25, 0.3) is 0 Å². The Bertz CT molecular complexity index is 882. The molecule has 1 N–H and O–H groups in total.